The zero-order valence-electron chi connectivity index (χ0n) is 31.3. The standard InChI is InChI=1S/C54H34N2O2/c1-3-15-41(16-4-1)55(43-21-19-35-11-7-9-13-37(35)27-43)45-23-25-51-49(33-45)47-29-39-30-48-50-34-46(24-26-52(50)58-54(48)32-40(39)31-53(47)57-51)56(42-17-5-2-6-18-42)44-22-20-36-12-8-10-14-38(36)28-44/h1-34H. The van der Waals surface area contributed by atoms with Crippen LogP contribution in [-0.4, -0.2) is 0 Å². The molecule has 272 valence electrons. The quantitative estimate of drug-likeness (QED) is 0.170. The second-order valence-electron chi connectivity index (χ2n) is 15.0. The molecule has 0 amide bonds. The first-order valence-corrected chi connectivity index (χ1v) is 19.6. The van der Waals surface area contributed by atoms with Crippen LogP contribution >= 0.6 is 0 Å². The molecule has 2 aromatic heterocycles. The molecule has 0 unspecified atom stereocenters. The maximum absolute atomic E-state index is 6.53. The largest absolute Gasteiger partial charge is 0.456 e. The summed E-state index contributed by atoms with van der Waals surface area (Å²) in [6.07, 6.45) is 0. The molecule has 0 fully saturated rings. The van der Waals surface area contributed by atoms with Gasteiger partial charge in [0.1, 0.15) is 22.3 Å². The average molecular weight is 743 g/mol. The number of hydrogen-bond donors (Lipinski definition) is 0. The Labute approximate surface area is 334 Å². The van der Waals surface area contributed by atoms with Gasteiger partial charge < -0.3 is 18.6 Å². The van der Waals surface area contributed by atoms with Crippen molar-refractivity contribution in [2.75, 3.05) is 9.80 Å². The summed E-state index contributed by atoms with van der Waals surface area (Å²) in [7, 11) is 0. The topological polar surface area (TPSA) is 32.8 Å². The lowest BCUT2D eigenvalue weighted by atomic mass is 10.0. The molecule has 10 aromatic carbocycles. The number of rotatable bonds is 6. The fourth-order valence-electron chi connectivity index (χ4n) is 8.73. The van der Waals surface area contributed by atoms with Crippen LogP contribution in [0.2, 0.25) is 0 Å². The molecular formula is C54H34N2O2. The Morgan fingerprint density at radius 2 is 0.586 bits per heavy atom. The van der Waals surface area contributed by atoms with Gasteiger partial charge in [0.05, 0.1) is 0 Å². The molecule has 12 aromatic rings. The van der Waals surface area contributed by atoms with E-state index in [1.165, 1.54) is 21.5 Å². The fraction of sp³-hybridized carbons (Fsp3) is 0. The van der Waals surface area contributed by atoms with Crippen molar-refractivity contribution in [3.05, 3.63) is 206 Å². The van der Waals surface area contributed by atoms with E-state index in [0.29, 0.717) is 0 Å². The molecule has 2 heterocycles. The number of para-hydroxylation sites is 2. The van der Waals surface area contributed by atoms with Crippen LogP contribution in [0.1, 0.15) is 0 Å². The molecule has 0 aliphatic heterocycles. The van der Waals surface area contributed by atoms with Crippen LogP contribution in [0, 0.1) is 0 Å². The first-order chi connectivity index (χ1) is 28.7. The van der Waals surface area contributed by atoms with Gasteiger partial charge in [-0.15, -0.1) is 0 Å². The summed E-state index contributed by atoms with van der Waals surface area (Å²) in [6, 6.07) is 73.3. The second-order valence-corrected chi connectivity index (χ2v) is 15.0. The molecule has 12 rings (SSSR count). The number of furan rings is 2. The van der Waals surface area contributed by atoms with Gasteiger partial charge in [-0.05, 0) is 142 Å². The van der Waals surface area contributed by atoms with Crippen molar-refractivity contribution in [3.8, 4) is 0 Å². The first kappa shape index (κ1) is 32.4. The van der Waals surface area contributed by atoms with E-state index in [0.717, 1.165) is 88.8 Å². The molecule has 0 spiro atoms. The molecule has 4 nitrogen and oxygen atoms in total. The van der Waals surface area contributed by atoms with Gasteiger partial charge in [0.15, 0.2) is 0 Å². The van der Waals surface area contributed by atoms with Gasteiger partial charge in [0, 0.05) is 55.7 Å². The smallest absolute Gasteiger partial charge is 0.136 e. The lowest BCUT2D eigenvalue weighted by Crippen LogP contribution is -2.09. The lowest BCUT2D eigenvalue weighted by Gasteiger charge is -2.26. The minimum Gasteiger partial charge on any atom is -0.456 e. The fourth-order valence-corrected chi connectivity index (χ4v) is 8.73. The van der Waals surface area contributed by atoms with Gasteiger partial charge >= 0.3 is 0 Å². The minimum absolute atomic E-state index is 0.850. The summed E-state index contributed by atoms with van der Waals surface area (Å²) in [5.74, 6) is 0. The van der Waals surface area contributed by atoms with Crippen LogP contribution in [0.15, 0.2) is 215 Å². The van der Waals surface area contributed by atoms with Crippen molar-refractivity contribution >= 4 is 110 Å². The molecule has 0 N–H and O–H groups in total. The summed E-state index contributed by atoms with van der Waals surface area (Å²) in [6.45, 7) is 0. The highest BCUT2D eigenvalue weighted by Gasteiger charge is 2.19. The van der Waals surface area contributed by atoms with E-state index in [1.54, 1.807) is 0 Å². The van der Waals surface area contributed by atoms with E-state index >= 15 is 0 Å². The van der Waals surface area contributed by atoms with Gasteiger partial charge in [-0.3, -0.25) is 0 Å². The molecule has 0 radical (unpaired) electrons. The maximum atomic E-state index is 6.53. The van der Waals surface area contributed by atoms with Crippen LogP contribution in [0.25, 0.3) is 76.2 Å². The first-order valence-electron chi connectivity index (χ1n) is 19.6. The Hall–Kier alpha value is -7.82. The zero-order chi connectivity index (χ0) is 38.2. The van der Waals surface area contributed by atoms with Crippen LogP contribution in [0.3, 0.4) is 0 Å². The Morgan fingerprint density at radius 1 is 0.224 bits per heavy atom. The number of nitrogens with zero attached hydrogens (tertiary/aromatic N) is 2. The molecule has 0 bridgehead atoms. The SMILES string of the molecule is c1ccc(N(c2ccc3ccccc3c2)c2ccc3oc4cc5cc6oc7ccc(N(c8ccccc8)c8ccc9ccccc9c8)cc7c6cc5cc4c3c2)cc1. The maximum Gasteiger partial charge on any atom is 0.136 e. The highest BCUT2D eigenvalue weighted by molar-refractivity contribution is 6.16. The molecule has 58 heavy (non-hydrogen) atoms. The van der Waals surface area contributed by atoms with Crippen LogP contribution < -0.4 is 9.80 Å². The molecular weight excluding hydrogens is 709 g/mol. The number of fused-ring (bicyclic) bond motifs is 9. The third kappa shape index (κ3) is 5.31. The van der Waals surface area contributed by atoms with Crippen LogP contribution in [0.4, 0.5) is 34.1 Å². The van der Waals surface area contributed by atoms with Gasteiger partial charge in [0.25, 0.3) is 0 Å². The zero-order valence-corrected chi connectivity index (χ0v) is 31.3. The van der Waals surface area contributed by atoms with Crippen LogP contribution in [0.5, 0.6) is 0 Å². The van der Waals surface area contributed by atoms with Crippen molar-refractivity contribution in [3.63, 3.8) is 0 Å². The molecule has 4 heteroatoms. The molecule has 0 saturated carbocycles. The molecule has 0 atom stereocenters. The molecule has 0 aliphatic rings. The van der Waals surface area contributed by atoms with E-state index in [-0.39, 0.29) is 0 Å². The van der Waals surface area contributed by atoms with Gasteiger partial charge in [0.2, 0.25) is 0 Å². The Balaban J connectivity index is 1.00. The normalized spacial score (nSPS) is 11.8. The number of anilines is 6. The average Bonchev–Trinajstić information content (AvgIpc) is 3.82. The van der Waals surface area contributed by atoms with Crippen molar-refractivity contribution < 1.29 is 8.83 Å². The monoisotopic (exact) mass is 742 g/mol. The van der Waals surface area contributed by atoms with Crippen molar-refractivity contribution in [1.29, 1.82) is 0 Å². The van der Waals surface area contributed by atoms with E-state index in [9.17, 15) is 0 Å². The minimum atomic E-state index is 0.850. The predicted molar refractivity (Wildman–Crippen MR) is 243 cm³/mol. The molecule has 0 aliphatic carbocycles. The lowest BCUT2D eigenvalue weighted by molar-refractivity contribution is 0.668. The van der Waals surface area contributed by atoms with Crippen molar-refractivity contribution in [1.82, 2.24) is 0 Å². The predicted octanol–water partition coefficient (Wildman–Crippen LogP) is 15.9. The van der Waals surface area contributed by atoms with Crippen LogP contribution in [-0.2, 0) is 0 Å². The van der Waals surface area contributed by atoms with Gasteiger partial charge in [-0.2, -0.15) is 0 Å². The number of hydrogen-bond acceptors (Lipinski definition) is 4. The van der Waals surface area contributed by atoms with E-state index in [2.05, 4.69) is 216 Å². The summed E-state index contributed by atoms with van der Waals surface area (Å²) in [5, 5.41) is 11.4. The van der Waals surface area contributed by atoms with Crippen molar-refractivity contribution in [2.24, 2.45) is 0 Å². The second kappa shape index (κ2) is 12.9. The third-order valence-corrected chi connectivity index (χ3v) is 11.5. The highest BCUT2D eigenvalue weighted by atomic mass is 16.3. The summed E-state index contributed by atoms with van der Waals surface area (Å²) in [5.41, 5.74) is 9.93. The van der Waals surface area contributed by atoms with E-state index in [1.807, 2.05) is 0 Å². The van der Waals surface area contributed by atoms with Gasteiger partial charge in [-0.1, -0.05) is 97.1 Å². The van der Waals surface area contributed by atoms with Gasteiger partial charge in [-0.25, -0.2) is 0 Å². The summed E-state index contributed by atoms with van der Waals surface area (Å²) in [4.78, 5) is 4.64. The number of benzene rings is 10. The highest BCUT2D eigenvalue weighted by Crippen LogP contribution is 2.43. The summed E-state index contributed by atoms with van der Waals surface area (Å²) < 4.78 is 13.1. The Morgan fingerprint density at radius 3 is 1.05 bits per heavy atom. The Kier molecular flexibility index (Phi) is 7.20. The Bertz CT molecular complexity index is 3300. The third-order valence-electron chi connectivity index (χ3n) is 11.5. The van der Waals surface area contributed by atoms with E-state index in [4.69, 9.17) is 8.83 Å². The van der Waals surface area contributed by atoms with E-state index < -0.39 is 0 Å². The van der Waals surface area contributed by atoms with Crippen molar-refractivity contribution in [2.45, 2.75) is 0 Å². The summed E-state index contributed by atoms with van der Waals surface area (Å²) >= 11 is 0. The molecule has 0 saturated heterocycles.